The first-order chi connectivity index (χ1) is 10.1. The zero-order valence-electron chi connectivity index (χ0n) is 13.4. The lowest BCUT2D eigenvalue weighted by Crippen LogP contribution is -2.19. The van der Waals surface area contributed by atoms with Gasteiger partial charge < -0.3 is 15.2 Å². The van der Waals surface area contributed by atoms with Crippen LogP contribution in [-0.2, 0) is 19.4 Å². The summed E-state index contributed by atoms with van der Waals surface area (Å²) in [4.78, 5) is 7.21. The SMILES string of the molecule is Cc1cc2c(N)c3c(nc2n1CCN(C)C)CCCCC3. The van der Waals surface area contributed by atoms with Crippen LogP contribution in [0.15, 0.2) is 6.07 Å². The molecule has 0 fully saturated rings. The number of hydrogen-bond acceptors (Lipinski definition) is 3. The summed E-state index contributed by atoms with van der Waals surface area (Å²) in [5.74, 6) is 0. The van der Waals surface area contributed by atoms with Crippen molar-refractivity contribution in [2.75, 3.05) is 26.4 Å². The van der Waals surface area contributed by atoms with Crippen LogP contribution in [0.25, 0.3) is 11.0 Å². The highest BCUT2D eigenvalue weighted by Gasteiger charge is 2.18. The van der Waals surface area contributed by atoms with Crippen LogP contribution >= 0.6 is 0 Å². The normalized spacial score (nSPS) is 15.4. The zero-order chi connectivity index (χ0) is 15.0. The predicted octanol–water partition coefficient (Wildman–Crippen LogP) is 2.76. The molecule has 1 aliphatic carbocycles. The highest BCUT2D eigenvalue weighted by molar-refractivity contribution is 5.91. The lowest BCUT2D eigenvalue weighted by molar-refractivity contribution is 0.385. The molecule has 0 aromatic carbocycles. The van der Waals surface area contributed by atoms with Crippen LogP contribution < -0.4 is 5.73 Å². The fourth-order valence-electron chi connectivity index (χ4n) is 3.33. The van der Waals surface area contributed by atoms with Gasteiger partial charge in [0.25, 0.3) is 0 Å². The number of aryl methyl sites for hydroxylation is 2. The molecule has 1 aliphatic rings. The molecule has 0 spiro atoms. The molecule has 0 atom stereocenters. The van der Waals surface area contributed by atoms with Gasteiger partial charge in [0.2, 0.25) is 0 Å². The molecule has 0 saturated heterocycles. The molecule has 2 aromatic heterocycles. The molecular formula is C17H26N4. The van der Waals surface area contributed by atoms with Gasteiger partial charge in [-0.05, 0) is 58.3 Å². The van der Waals surface area contributed by atoms with Gasteiger partial charge in [-0.3, -0.25) is 0 Å². The monoisotopic (exact) mass is 286 g/mol. The molecule has 2 N–H and O–H groups in total. The number of nitrogen functional groups attached to an aromatic ring is 1. The summed E-state index contributed by atoms with van der Waals surface area (Å²) in [5.41, 5.74) is 12.3. The molecule has 0 unspecified atom stereocenters. The van der Waals surface area contributed by atoms with E-state index >= 15 is 0 Å². The number of aromatic nitrogens is 2. The lowest BCUT2D eigenvalue weighted by atomic mass is 10.0. The van der Waals surface area contributed by atoms with Gasteiger partial charge in [0.15, 0.2) is 0 Å². The summed E-state index contributed by atoms with van der Waals surface area (Å²) in [7, 11) is 4.21. The number of nitrogens with zero attached hydrogens (tertiary/aromatic N) is 3. The Balaban J connectivity index is 2.11. The Labute approximate surface area is 126 Å². The minimum Gasteiger partial charge on any atom is -0.398 e. The fourth-order valence-corrected chi connectivity index (χ4v) is 3.33. The van der Waals surface area contributed by atoms with Crippen molar-refractivity contribution in [1.82, 2.24) is 14.5 Å². The molecule has 4 heteroatoms. The highest BCUT2D eigenvalue weighted by atomic mass is 15.1. The van der Waals surface area contributed by atoms with Gasteiger partial charge in [0, 0.05) is 35.6 Å². The number of nitrogens with two attached hydrogens (primary N) is 1. The molecule has 0 amide bonds. The third kappa shape index (κ3) is 2.64. The van der Waals surface area contributed by atoms with Gasteiger partial charge in [0.1, 0.15) is 5.65 Å². The average molecular weight is 286 g/mol. The molecule has 3 rings (SSSR count). The van der Waals surface area contributed by atoms with Crippen molar-refractivity contribution in [3.63, 3.8) is 0 Å². The molecule has 0 radical (unpaired) electrons. The van der Waals surface area contributed by atoms with Gasteiger partial charge in [-0.15, -0.1) is 0 Å². The maximum Gasteiger partial charge on any atom is 0.142 e. The molecule has 2 heterocycles. The molecule has 0 saturated carbocycles. The first-order valence-corrected chi connectivity index (χ1v) is 7.99. The van der Waals surface area contributed by atoms with Crippen LogP contribution in [0.1, 0.15) is 36.2 Å². The second-order valence-corrected chi connectivity index (χ2v) is 6.49. The standard InChI is InChI=1S/C17H26N4/c1-12-11-14-16(18)13-7-5-4-6-8-15(13)19-17(14)21(12)10-9-20(2)3/h11H,4-10H2,1-3H3,(H2,18,19). The Morgan fingerprint density at radius 1 is 1.24 bits per heavy atom. The minimum absolute atomic E-state index is 0.966. The predicted molar refractivity (Wildman–Crippen MR) is 88.7 cm³/mol. The Bertz CT molecular complexity index is 655. The van der Waals surface area contributed by atoms with Crippen molar-refractivity contribution in [1.29, 1.82) is 0 Å². The largest absolute Gasteiger partial charge is 0.398 e. The van der Waals surface area contributed by atoms with E-state index in [9.17, 15) is 0 Å². The van der Waals surface area contributed by atoms with E-state index in [0.717, 1.165) is 42.7 Å². The first kappa shape index (κ1) is 14.4. The van der Waals surface area contributed by atoms with Gasteiger partial charge in [-0.2, -0.15) is 0 Å². The van der Waals surface area contributed by atoms with Gasteiger partial charge in [0.05, 0.1) is 0 Å². The average Bonchev–Trinajstić information content (AvgIpc) is 2.62. The van der Waals surface area contributed by atoms with Crippen LogP contribution in [0.4, 0.5) is 5.69 Å². The van der Waals surface area contributed by atoms with E-state index in [1.54, 1.807) is 0 Å². The molecule has 0 bridgehead atoms. The van der Waals surface area contributed by atoms with E-state index in [0.29, 0.717) is 0 Å². The van der Waals surface area contributed by atoms with Crippen molar-refractivity contribution in [3.05, 3.63) is 23.0 Å². The van der Waals surface area contributed by atoms with E-state index < -0.39 is 0 Å². The quantitative estimate of drug-likeness (QED) is 0.883. The van der Waals surface area contributed by atoms with E-state index in [1.807, 2.05) is 0 Å². The number of anilines is 1. The van der Waals surface area contributed by atoms with Gasteiger partial charge in [-0.1, -0.05) is 6.42 Å². The third-order valence-electron chi connectivity index (χ3n) is 4.59. The minimum atomic E-state index is 0.966. The fraction of sp³-hybridized carbons (Fsp3) is 0.588. The van der Waals surface area contributed by atoms with Crippen molar-refractivity contribution < 1.29 is 0 Å². The number of likely N-dealkylation sites (N-methyl/N-ethyl adjacent to an activating group) is 1. The van der Waals surface area contributed by atoms with Crippen molar-refractivity contribution in [2.24, 2.45) is 0 Å². The van der Waals surface area contributed by atoms with E-state index in [1.165, 1.54) is 36.2 Å². The maximum absolute atomic E-state index is 6.48. The van der Waals surface area contributed by atoms with Crippen LogP contribution in [0.2, 0.25) is 0 Å². The Hall–Kier alpha value is -1.55. The lowest BCUT2D eigenvalue weighted by Gasteiger charge is -2.14. The molecule has 21 heavy (non-hydrogen) atoms. The molecule has 114 valence electrons. The van der Waals surface area contributed by atoms with Crippen molar-refractivity contribution in [3.8, 4) is 0 Å². The van der Waals surface area contributed by atoms with Crippen LogP contribution in [0, 0.1) is 6.92 Å². The smallest absolute Gasteiger partial charge is 0.142 e. The number of hydrogen-bond donors (Lipinski definition) is 1. The van der Waals surface area contributed by atoms with Gasteiger partial charge >= 0.3 is 0 Å². The van der Waals surface area contributed by atoms with E-state index in [-0.39, 0.29) is 0 Å². The number of fused-ring (bicyclic) bond motifs is 2. The van der Waals surface area contributed by atoms with Crippen LogP contribution in [-0.4, -0.2) is 35.1 Å². The Morgan fingerprint density at radius 2 is 2.00 bits per heavy atom. The maximum atomic E-state index is 6.48. The van der Waals surface area contributed by atoms with Crippen LogP contribution in [0.3, 0.4) is 0 Å². The summed E-state index contributed by atoms with van der Waals surface area (Å²) in [6.07, 6.45) is 5.94. The van der Waals surface area contributed by atoms with E-state index in [2.05, 4.69) is 36.6 Å². The topological polar surface area (TPSA) is 47.1 Å². The van der Waals surface area contributed by atoms with Crippen molar-refractivity contribution in [2.45, 2.75) is 45.6 Å². The number of rotatable bonds is 3. The van der Waals surface area contributed by atoms with Crippen LogP contribution in [0.5, 0.6) is 0 Å². The summed E-state index contributed by atoms with van der Waals surface area (Å²) >= 11 is 0. The Morgan fingerprint density at radius 3 is 2.76 bits per heavy atom. The van der Waals surface area contributed by atoms with Gasteiger partial charge in [-0.25, -0.2) is 4.98 Å². The number of pyridine rings is 1. The molecule has 4 nitrogen and oxygen atoms in total. The second-order valence-electron chi connectivity index (χ2n) is 6.49. The summed E-state index contributed by atoms with van der Waals surface area (Å²) in [5, 5.41) is 1.15. The molecule has 2 aromatic rings. The summed E-state index contributed by atoms with van der Waals surface area (Å²) < 4.78 is 2.32. The second kappa shape index (κ2) is 5.68. The third-order valence-corrected chi connectivity index (χ3v) is 4.59. The zero-order valence-corrected chi connectivity index (χ0v) is 13.4. The molecule has 0 aliphatic heterocycles. The van der Waals surface area contributed by atoms with Crippen molar-refractivity contribution >= 4 is 16.7 Å². The molecular weight excluding hydrogens is 260 g/mol. The Kier molecular flexibility index (Phi) is 3.89. The summed E-state index contributed by atoms with van der Waals surface area (Å²) in [6, 6.07) is 2.21. The first-order valence-electron chi connectivity index (χ1n) is 7.99. The summed E-state index contributed by atoms with van der Waals surface area (Å²) in [6.45, 7) is 4.14. The highest BCUT2D eigenvalue weighted by Crippen LogP contribution is 2.32. The van der Waals surface area contributed by atoms with E-state index in [4.69, 9.17) is 10.7 Å².